The number of hydrogen-bond donors (Lipinski definition) is 0. The molecule has 3 nitrogen and oxygen atoms in total. The van der Waals surface area contributed by atoms with E-state index in [1.165, 1.54) is 7.11 Å². The number of aromatic nitrogens is 1. The highest BCUT2D eigenvalue weighted by Gasteiger charge is 2.12. The lowest BCUT2D eigenvalue weighted by Crippen LogP contribution is -2.28. The summed E-state index contributed by atoms with van der Waals surface area (Å²) in [5.74, 6) is 0.00663. The highest BCUT2D eigenvalue weighted by Crippen LogP contribution is 2.27. The quantitative estimate of drug-likeness (QED) is 0.830. The first-order chi connectivity index (χ1) is 8.54. The average molecular weight is 250 g/mol. The maximum atomic E-state index is 14.0. The average Bonchev–Trinajstić information content (AvgIpc) is 2.74. The minimum absolute atomic E-state index is 0.286. The van der Waals surface area contributed by atoms with Gasteiger partial charge in [-0.15, -0.1) is 0 Å². The summed E-state index contributed by atoms with van der Waals surface area (Å²) >= 11 is 0. The molecule has 18 heavy (non-hydrogen) atoms. The third-order valence-corrected chi connectivity index (χ3v) is 3.41. The van der Waals surface area contributed by atoms with E-state index in [9.17, 15) is 4.39 Å². The largest absolute Gasteiger partial charge is 0.494 e. The lowest BCUT2D eigenvalue weighted by molar-refractivity contribution is 0.286. The van der Waals surface area contributed by atoms with Gasteiger partial charge in [-0.25, -0.2) is 4.39 Å². The number of nitrogens with zero attached hydrogens (tertiary/aromatic N) is 2. The molecule has 0 N–H and O–H groups in total. The van der Waals surface area contributed by atoms with Crippen LogP contribution >= 0.6 is 0 Å². The van der Waals surface area contributed by atoms with Gasteiger partial charge in [-0.3, -0.25) is 0 Å². The second-order valence-corrected chi connectivity index (χ2v) is 4.80. The number of hydrogen-bond acceptors (Lipinski definition) is 2. The molecular weight excluding hydrogens is 231 g/mol. The summed E-state index contributed by atoms with van der Waals surface area (Å²) in [7, 11) is 5.56. The van der Waals surface area contributed by atoms with Crippen LogP contribution in [0, 0.1) is 5.82 Å². The summed E-state index contributed by atoms with van der Waals surface area (Å²) in [6.07, 6.45) is 1.92. The summed E-state index contributed by atoms with van der Waals surface area (Å²) in [6, 6.07) is 5.77. The number of methoxy groups -OCH3 is 1. The van der Waals surface area contributed by atoms with Crippen LogP contribution in [-0.2, 0) is 6.54 Å². The Bertz CT molecular complexity index is 548. The van der Waals surface area contributed by atoms with Crippen LogP contribution in [0.25, 0.3) is 10.9 Å². The summed E-state index contributed by atoms with van der Waals surface area (Å²) < 4.78 is 21.1. The molecule has 2 aromatic rings. The second-order valence-electron chi connectivity index (χ2n) is 4.80. The Hall–Kier alpha value is -1.55. The van der Waals surface area contributed by atoms with E-state index in [2.05, 4.69) is 16.4 Å². The van der Waals surface area contributed by atoms with Gasteiger partial charge in [0, 0.05) is 24.2 Å². The molecule has 0 saturated carbocycles. The van der Waals surface area contributed by atoms with Crippen LogP contribution in [-0.4, -0.2) is 36.7 Å². The third kappa shape index (κ3) is 2.20. The molecule has 1 aromatic heterocycles. The number of ether oxygens (including phenoxy) is 1. The van der Waals surface area contributed by atoms with E-state index in [0.717, 1.165) is 12.1 Å². The number of likely N-dealkylation sites (N-methyl/N-ethyl adjacent to an activating group) is 1. The fourth-order valence-electron chi connectivity index (χ4n) is 1.98. The van der Waals surface area contributed by atoms with E-state index in [4.69, 9.17) is 4.74 Å². The zero-order chi connectivity index (χ0) is 13.3. The van der Waals surface area contributed by atoms with Gasteiger partial charge >= 0.3 is 0 Å². The number of benzene rings is 1. The van der Waals surface area contributed by atoms with Gasteiger partial charge in [0.05, 0.1) is 12.6 Å². The zero-order valence-corrected chi connectivity index (χ0v) is 11.3. The molecule has 4 heteroatoms. The molecule has 0 aliphatic heterocycles. The van der Waals surface area contributed by atoms with Gasteiger partial charge in [0.15, 0.2) is 11.6 Å². The minimum Gasteiger partial charge on any atom is -0.494 e. The monoisotopic (exact) mass is 250 g/mol. The highest BCUT2D eigenvalue weighted by atomic mass is 19.1. The first-order valence-electron chi connectivity index (χ1n) is 6.02. The smallest absolute Gasteiger partial charge is 0.174 e. The van der Waals surface area contributed by atoms with Crippen molar-refractivity contribution in [2.24, 2.45) is 0 Å². The lowest BCUT2D eigenvalue weighted by atomic mass is 10.2. The molecule has 1 heterocycles. The molecule has 1 atom stereocenters. The second kappa shape index (κ2) is 4.98. The van der Waals surface area contributed by atoms with E-state index in [1.54, 1.807) is 12.1 Å². The Morgan fingerprint density at radius 1 is 1.33 bits per heavy atom. The van der Waals surface area contributed by atoms with Gasteiger partial charge in [0.1, 0.15) is 0 Å². The summed E-state index contributed by atoms with van der Waals surface area (Å²) in [5, 5.41) is 0.611. The molecule has 0 spiro atoms. The predicted octanol–water partition coefficient (Wildman–Crippen LogP) is 2.74. The molecule has 0 aliphatic carbocycles. The first-order valence-corrected chi connectivity index (χ1v) is 6.02. The van der Waals surface area contributed by atoms with E-state index >= 15 is 0 Å². The van der Waals surface area contributed by atoms with Gasteiger partial charge in [-0.1, -0.05) is 0 Å². The van der Waals surface area contributed by atoms with Crippen molar-refractivity contribution in [1.29, 1.82) is 0 Å². The molecule has 0 amide bonds. The molecular formula is C14H19FN2O. The molecule has 0 aliphatic rings. The molecule has 0 radical (unpaired) electrons. The Balaban J connectivity index is 2.40. The summed E-state index contributed by atoms with van der Waals surface area (Å²) in [5.41, 5.74) is 0.905. The molecule has 98 valence electrons. The van der Waals surface area contributed by atoms with Crippen molar-refractivity contribution in [3.8, 4) is 5.75 Å². The van der Waals surface area contributed by atoms with Crippen molar-refractivity contribution in [2.45, 2.75) is 19.5 Å². The van der Waals surface area contributed by atoms with Crippen molar-refractivity contribution < 1.29 is 9.13 Å². The van der Waals surface area contributed by atoms with E-state index in [0.29, 0.717) is 17.2 Å². The number of fused-ring (bicyclic) bond motifs is 1. The van der Waals surface area contributed by atoms with Gasteiger partial charge in [0.2, 0.25) is 0 Å². The zero-order valence-electron chi connectivity index (χ0n) is 11.3. The molecule has 0 bridgehead atoms. The normalized spacial score (nSPS) is 13.2. The van der Waals surface area contributed by atoms with Crippen LogP contribution in [0.5, 0.6) is 5.75 Å². The van der Waals surface area contributed by atoms with Crippen LogP contribution in [0.1, 0.15) is 6.92 Å². The minimum atomic E-state index is -0.286. The van der Waals surface area contributed by atoms with Gasteiger partial charge in [-0.05, 0) is 39.2 Å². The molecule has 1 aromatic carbocycles. The number of rotatable bonds is 4. The van der Waals surface area contributed by atoms with E-state index in [-0.39, 0.29) is 5.82 Å². The highest BCUT2D eigenvalue weighted by molar-refractivity contribution is 5.82. The van der Waals surface area contributed by atoms with E-state index in [1.807, 2.05) is 26.4 Å². The Morgan fingerprint density at radius 3 is 2.67 bits per heavy atom. The maximum Gasteiger partial charge on any atom is 0.174 e. The standard InChI is InChI=1S/C14H19FN2O/c1-10(16(2)3)9-17-8-7-11-12(17)5-6-13(18-4)14(11)15/h5-8,10H,9H2,1-4H3/t10-/m1/s1. The van der Waals surface area contributed by atoms with Crippen molar-refractivity contribution in [3.05, 3.63) is 30.2 Å². The van der Waals surface area contributed by atoms with Crippen LogP contribution in [0.15, 0.2) is 24.4 Å². The summed E-state index contributed by atoms with van der Waals surface area (Å²) in [6.45, 7) is 2.98. The van der Waals surface area contributed by atoms with Crippen LogP contribution in [0.4, 0.5) is 4.39 Å². The van der Waals surface area contributed by atoms with Crippen molar-refractivity contribution >= 4 is 10.9 Å². The topological polar surface area (TPSA) is 17.4 Å². The van der Waals surface area contributed by atoms with Gasteiger partial charge in [0.25, 0.3) is 0 Å². The molecule has 0 unspecified atom stereocenters. The van der Waals surface area contributed by atoms with Gasteiger partial charge in [-0.2, -0.15) is 0 Å². The lowest BCUT2D eigenvalue weighted by Gasteiger charge is -2.20. The predicted molar refractivity (Wildman–Crippen MR) is 71.6 cm³/mol. The third-order valence-electron chi connectivity index (χ3n) is 3.41. The van der Waals surface area contributed by atoms with Gasteiger partial charge < -0.3 is 14.2 Å². The molecule has 0 saturated heterocycles. The van der Waals surface area contributed by atoms with Crippen molar-refractivity contribution in [1.82, 2.24) is 9.47 Å². The van der Waals surface area contributed by atoms with E-state index < -0.39 is 0 Å². The summed E-state index contributed by atoms with van der Waals surface area (Å²) in [4.78, 5) is 2.14. The van der Waals surface area contributed by atoms with Crippen LogP contribution < -0.4 is 4.74 Å². The molecule has 0 fully saturated rings. The first kappa shape index (κ1) is 12.9. The fourth-order valence-corrected chi connectivity index (χ4v) is 1.98. The van der Waals surface area contributed by atoms with Crippen molar-refractivity contribution in [3.63, 3.8) is 0 Å². The Labute approximate surface area is 107 Å². The SMILES string of the molecule is COc1ccc2c(ccn2C[C@@H](C)N(C)C)c1F. The Morgan fingerprint density at radius 2 is 2.06 bits per heavy atom. The number of halogens is 1. The van der Waals surface area contributed by atoms with Crippen LogP contribution in [0.3, 0.4) is 0 Å². The fraction of sp³-hybridized carbons (Fsp3) is 0.429. The molecule has 2 rings (SSSR count). The van der Waals surface area contributed by atoms with Crippen molar-refractivity contribution in [2.75, 3.05) is 21.2 Å². The maximum absolute atomic E-state index is 14.0. The van der Waals surface area contributed by atoms with Crippen LogP contribution in [0.2, 0.25) is 0 Å². The Kier molecular flexibility index (Phi) is 3.57.